The van der Waals surface area contributed by atoms with Crippen molar-refractivity contribution in [3.8, 4) is 5.75 Å². The molecule has 0 aliphatic heterocycles. The maximum absolute atomic E-state index is 13.9. The predicted octanol–water partition coefficient (Wildman–Crippen LogP) is 4.08. The van der Waals surface area contributed by atoms with Gasteiger partial charge in [0, 0.05) is 24.2 Å². The first-order chi connectivity index (χ1) is 13.3. The largest absolute Gasteiger partial charge is 0.488 e. The van der Waals surface area contributed by atoms with Crippen molar-refractivity contribution in [3.05, 3.63) is 77.6 Å². The van der Waals surface area contributed by atoms with Gasteiger partial charge in [-0.3, -0.25) is 0 Å². The average molecular weight is 406 g/mol. The fraction of sp³-hybridized carbons (Fsp3) is 0.273. The highest BCUT2D eigenvalue weighted by atomic mass is 35.5. The molecule has 0 amide bonds. The van der Waals surface area contributed by atoms with Crippen LogP contribution in [0.4, 0.5) is 4.39 Å². The Hall–Kier alpha value is -2.18. The molecule has 0 atom stereocenters. The summed E-state index contributed by atoms with van der Waals surface area (Å²) in [6, 6.07) is 18.7. The lowest BCUT2D eigenvalue weighted by atomic mass is 10.0. The number of aliphatic hydroxyl groups excluding tert-OH is 1. The summed E-state index contributed by atoms with van der Waals surface area (Å²) >= 11 is 0. The van der Waals surface area contributed by atoms with Crippen LogP contribution in [0, 0.1) is 5.82 Å². The molecule has 0 heterocycles. The molecule has 3 rings (SSSR count). The van der Waals surface area contributed by atoms with E-state index in [4.69, 9.17) is 14.6 Å². The highest BCUT2D eigenvalue weighted by Crippen LogP contribution is 2.29. The van der Waals surface area contributed by atoms with E-state index in [0.717, 1.165) is 22.1 Å². The van der Waals surface area contributed by atoms with Crippen LogP contribution in [-0.4, -0.2) is 31.5 Å². The minimum Gasteiger partial charge on any atom is -0.488 e. The van der Waals surface area contributed by atoms with Crippen LogP contribution >= 0.6 is 12.4 Å². The second-order valence-corrected chi connectivity index (χ2v) is 6.16. The third kappa shape index (κ3) is 5.91. The van der Waals surface area contributed by atoms with Gasteiger partial charge in [0.15, 0.2) is 0 Å². The number of fused-ring (bicyclic) bond motifs is 1. The Labute approximate surface area is 170 Å². The van der Waals surface area contributed by atoms with E-state index in [2.05, 4.69) is 17.4 Å². The third-order valence-corrected chi connectivity index (χ3v) is 4.30. The fourth-order valence-electron chi connectivity index (χ4n) is 2.93. The molecule has 0 spiro atoms. The van der Waals surface area contributed by atoms with Crippen LogP contribution in [-0.2, 0) is 17.9 Å². The summed E-state index contributed by atoms with van der Waals surface area (Å²) in [7, 11) is 0. The molecule has 0 radical (unpaired) electrons. The second-order valence-electron chi connectivity index (χ2n) is 6.16. The molecule has 28 heavy (non-hydrogen) atoms. The topological polar surface area (TPSA) is 50.7 Å². The quantitative estimate of drug-likeness (QED) is 0.499. The Morgan fingerprint density at radius 2 is 1.71 bits per heavy atom. The second kappa shape index (κ2) is 11.6. The molecule has 150 valence electrons. The Morgan fingerprint density at radius 1 is 0.929 bits per heavy atom. The Morgan fingerprint density at radius 3 is 2.54 bits per heavy atom. The van der Waals surface area contributed by atoms with Crippen molar-refractivity contribution in [2.75, 3.05) is 26.4 Å². The van der Waals surface area contributed by atoms with E-state index in [1.54, 1.807) is 18.2 Å². The molecule has 3 aromatic carbocycles. The highest BCUT2D eigenvalue weighted by Gasteiger charge is 2.10. The number of nitrogens with one attached hydrogen (secondary N) is 1. The first-order valence-electron chi connectivity index (χ1n) is 9.05. The van der Waals surface area contributed by atoms with Crippen LogP contribution in [0.2, 0.25) is 0 Å². The molecule has 0 saturated carbocycles. The number of hydrogen-bond acceptors (Lipinski definition) is 4. The van der Waals surface area contributed by atoms with E-state index in [9.17, 15) is 4.39 Å². The van der Waals surface area contributed by atoms with E-state index in [0.29, 0.717) is 31.9 Å². The van der Waals surface area contributed by atoms with Crippen LogP contribution in [0.15, 0.2) is 60.7 Å². The number of aliphatic hydroxyl groups is 1. The Balaban J connectivity index is 0.00000280. The first-order valence-corrected chi connectivity index (χ1v) is 9.05. The van der Waals surface area contributed by atoms with Gasteiger partial charge in [0.05, 0.1) is 19.8 Å². The van der Waals surface area contributed by atoms with E-state index < -0.39 is 0 Å². The van der Waals surface area contributed by atoms with Crippen molar-refractivity contribution in [1.29, 1.82) is 0 Å². The number of ether oxygens (including phenoxy) is 2. The van der Waals surface area contributed by atoms with Gasteiger partial charge < -0.3 is 19.9 Å². The molecule has 0 saturated heterocycles. The molecular weight excluding hydrogens is 381 g/mol. The van der Waals surface area contributed by atoms with Crippen LogP contribution in [0.25, 0.3) is 10.8 Å². The summed E-state index contributed by atoms with van der Waals surface area (Å²) in [5.41, 5.74) is 1.56. The molecule has 3 aromatic rings. The number of hydrogen-bond donors (Lipinski definition) is 2. The van der Waals surface area contributed by atoms with Crippen LogP contribution in [0.3, 0.4) is 0 Å². The molecular formula is C22H25ClFNO3. The van der Waals surface area contributed by atoms with Crippen LogP contribution < -0.4 is 10.1 Å². The maximum atomic E-state index is 13.9. The SMILES string of the molecule is Cl.OCCOCCNCc1c(OCc2ccccc2F)ccc2ccccc12. The smallest absolute Gasteiger partial charge is 0.129 e. The van der Waals surface area contributed by atoms with Gasteiger partial charge in [-0.1, -0.05) is 48.5 Å². The van der Waals surface area contributed by atoms with Crippen LogP contribution in [0.1, 0.15) is 11.1 Å². The lowest BCUT2D eigenvalue weighted by Gasteiger charge is -2.15. The summed E-state index contributed by atoms with van der Waals surface area (Å²) in [5, 5.41) is 14.3. The molecule has 4 nitrogen and oxygen atoms in total. The zero-order chi connectivity index (χ0) is 18.9. The Bertz CT molecular complexity index is 875. The van der Waals surface area contributed by atoms with E-state index in [-0.39, 0.29) is 31.4 Å². The van der Waals surface area contributed by atoms with Gasteiger partial charge in [0.25, 0.3) is 0 Å². The first kappa shape index (κ1) is 22.1. The van der Waals surface area contributed by atoms with Crippen molar-refractivity contribution >= 4 is 23.2 Å². The molecule has 0 fully saturated rings. The van der Waals surface area contributed by atoms with Gasteiger partial charge in [-0.25, -0.2) is 4.39 Å². The van der Waals surface area contributed by atoms with Gasteiger partial charge in [-0.2, -0.15) is 0 Å². The van der Waals surface area contributed by atoms with Gasteiger partial charge in [0.2, 0.25) is 0 Å². The summed E-state index contributed by atoms with van der Waals surface area (Å²) in [6.07, 6.45) is 0. The summed E-state index contributed by atoms with van der Waals surface area (Å²) < 4.78 is 25.1. The highest BCUT2D eigenvalue weighted by molar-refractivity contribution is 5.87. The number of benzene rings is 3. The third-order valence-electron chi connectivity index (χ3n) is 4.30. The van der Waals surface area contributed by atoms with Crippen LogP contribution in [0.5, 0.6) is 5.75 Å². The Kier molecular flexibility index (Phi) is 9.17. The molecule has 0 aliphatic carbocycles. The summed E-state index contributed by atoms with van der Waals surface area (Å²) in [6.45, 7) is 2.34. The zero-order valence-electron chi connectivity index (χ0n) is 15.6. The summed E-state index contributed by atoms with van der Waals surface area (Å²) in [4.78, 5) is 0. The maximum Gasteiger partial charge on any atom is 0.129 e. The molecule has 6 heteroatoms. The lowest BCUT2D eigenvalue weighted by molar-refractivity contribution is 0.0938. The van der Waals surface area contributed by atoms with E-state index in [1.165, 1.54) is 6.07 Å². The number of halogens is 2. The molecule has 0 aliphatic rings. The lowest BCUT2D eigenvalue weighted by Crippen LogP contribution is -2.20. The molecule has 2 N–H and O–H groups in total. The molecule has 0 unspecified atom stereocenters. The monoisotopic (exact) mass is 405 g/mol. The number of rotatable bonds is 10. The van der Waals surface area contributed by atoms with Crippen molar-refractivity contribution in [2.24, 2.45) is 0 Å². The predicted molar refractivity (Wildman–Crippen MR) is 112 cm³/mol. The van der Waals surface area contributed by atoms with Gasteiger partial charge in [-0.15, -0.1) is 12.4 Å². The normalized spacial score (nSPS) is 10.6. The van der Waals surface area contributed by atoms with Crippen molar-refractivity contribution in [1.82, 2.24) is 5.32 Å². The summed E-state index contributed by atoms with van der Waals surface area (Å²) in [5.74, 6) is 0.472. The minimum atomic E-state index is -0.265. The van der Waals surface area contributed by atoms with Gasteiger partial charge >= 0.3 is 0 Å². The molecule has 0 aromatic heterocycles. The van der Waals surface area contributed by atoms with E-state index >= 15 is 0 Å². The zero-order valence-corrected chi connectivity index (χ0v) is 16.4. The van der Waals surface area contributed by atoms with Crippen molar-refractivity contribution < 1.29 is 19.0 Å². The standard InChI is InChI=1S/C22H24FNO3.ClH/c23-21-8-4-2-6-18(21)16-27-22-10-9-17-5-1-3-7-19(17)20(22)15-24-11-13-26-14-12-25;/h1-10,24-25H,11-16H2;1H. The van der Waals surface area contributed by atoms with E-state index in [1.807, 2.05) is 24.3 Å². The average Bonchev–Trinajstić information content (AvgIpc) is 2.70. The van der Waals surface area contributed by atoms with Crippen molar-refractivity contribution in [2.45, 2.75) is 13.2 Å². The fourth-order valence-corrected chi connectivity index (χ4v) is 2.93. The van der Waals surface area contributed by atoms with Gasteiger partial charge in [-0.05, 0) is 22.9 Å². The molecule has 0 bridgehead atoms. The van der Waals surface area contributed by atoms with Crippen molar-refractivity contribution in [3.63, 3.8) is 0 Å². The minimum absolute atomic E-state index is 0. The van der Waals surface area contributed by atoms with Gasteiger partial charge in [0.1, 0.15) is 18.2 Å².